The predicted molar refractivity (Wildman–Crippen MR) is 68.5 cm³/mol. The zero-order chi connectivity index (χ0) is 13.0. The summed E-state index contributed by atoms with van der Waals surface area (Å²) in [4.78, 5) is 12.5. The van der Waals surface area contributed by atoms with Gasteiger partial charge in [0.1, 0.15) is 11.6 Å². The Morgan fingerprint density at radius 2 is 1.89 bits per heavy atom. The van der Waals surface area contributed by atoms with E-state index < -0.39 is 4.92 Å². The van der Waals surface area contributed by atoms with Crippen molar-refractivity contribution in [1.82, 2.24) is 0 Å². The van der Waals surface area contributed by atoms with E-state index in [4.69, 9.17) is 5.26 Å². The molecule has 0 saturated carbocycles. The van der Waals surface area contributed by atoms with Crippen LogP contribution in [0.25, 0.3) is 0 Å². The number of anilines is 1. The fraction of sp³-hybridized carbons (Fsp3) is 0.462. The Hall–Kier alpha value is -2.09. The number of nitriles is 1. The van der Waals surface area contributed by atoms with Crippen LogP contribution in [0, 0.1) is 21.4 Å². The summed E-state index contributed by atoms with van der Waals surface area (Å²) in [5.41, 5.74) is 0.942. The van der Waals surface area contributed by atoms with Crippen molar-refractivity contribution in [3.63, 3.8) is 0 Å². The molecule has 1 aliphatic heterocycles. The molecule has 0 spiro atoms. The molecule has 1 aliphatic rings. The summed E-state index contributed by atoms with van der Waals surface area (Å²) < 4.78 is 0. The first-order chi connectivity index (χ1) is 8.72. The number of nitrogens with zero attached hydrogens (tertiary/aromatic N) is 3. The van der Waals surface area contributed by atoms with Gasteiger partial charge in [0.05, 0.1) is 4.92 Å². The molecule has 1 fully saturated rings. The minimum atomic E-state index is -0.509. The van der Waals surface area contributed by atoms with Gasteiger partial charge in [0.2, 0.25) is 0 Å². The number of nitro benzene ring substituents is 1. The van der Waals surface area contributed by atoms with Gasteiger partial charge in [0.25, 0.3) is 5.69 Å². The number of nitro groups is 1. The van der Waals surface area contributed by atoms with Crippen LogP contribution in [-0.4, -0.2) is 18.0 Å². The lowest BCUT2D eigenvalue weighted by molar-refractivity contribution is -0.385. The van der Waals surface area contributed by atoms with Crippen LogP contribution in [0.3, 0.4) is 0 Å². The standard InChI is InChI=1S/C13H15N3O2/c14-10-11-9-12(5-6-13(11)16(17)18)15-7-3-1-2-4-8-15/h5-6,9H,1-4,7-8H2. The summed E-state index contributed by atoms with van der Waals surface area (Å²) in [6, 6.07) is 6.70. The lowest BCUT2D eigenvalue weighted by Gasteiger charge is -2.22. The van der Waals surface area contributed by atoms with E-state index in [-0.39, 0.29) is 11.3 Å². The zero-order valence-corrected chi connectivity index (χ0v) is 10.1. The average Bonchev–Trinajstić information content (AvgIpc) is 2.66. The topological polar surface area (TPSA) is 70.2 Å². The van der Waals surface area contributed by atoms with Crippen molar-refractivity contribution in [3.8, 4) is 6.07 Å². The van der Waals surface area contributed by atoms with Gasteiger partial charge in [-0.3, -0.25) is 10.1 Å². The van der Waals surface area contributed by atoms with Crippen molar-refractivity contribution >= 4 is 11.4 Å². The fourth-order valence-electron chi connectivity index (χ4n) is 2.30. The molecular weight excluding hydrogens is 230 g/mol. The second kappa shape index (κ2) is 5.50. The molecule has 0 amide bonds. The smallest absolute Gasteiger partial charge is 0.287 e. The van der Waals surface area contributed by atoms with Crippen molar-refractivity contribution in [1.29, 1.82) is 5.26 Å². The summed E-state index contributed by atoms with van der Waals surface area (Å²) in [5, 5.41) is 19.7. The second-order valence-corrected chi connectivity index (χ2v) is 4.47. The van der Waals surface area contributed by atoms with Crippen LogP contribution in [0.4, 0.5) is 11.4 Å². The van der Waals surface area contributed by atoms with Crippen LogP contribution in [0.15, 0.2) is 18.2 Å². The maximum atomic E-state index is 10.8. The van der Waals surface area contributed by atoms with E-state index in [9.17, 15) is 10.1 Å². The molecule has 0 aliphatic carbocycles. The van der Waals surface area contributed by atoms with E-state index in [1.54, 1.807) is 12.1 Å². The minimum Gasteiger partial charge on any atom is -0.371 e. The van der Waals surface area contributed by atoms with E-state index in [1.165, 1.54) is 18.9 Å². The lowest BCUT2D eigenvalue weighted by Crippen LogP contribution is -2.23. The Morgan fingerprint density at radius 3 is 2.44 bits per heavy atom. The Morgan fingerprint density at radius 1 is 1.22 bits per heavy atom. The quantitative estimate of drug-likeness (QED) is 0.593. The summed E-state index contributed by atoms with van der Waals surface area (Å²) >= 11 is 0. The van der Waals surface area contributed by atoms with E-state index in [1.807, 2.05) is 6.07 Å². The Bertz CT molecular complexity index is 485. The van der Waals surface area contributed by atoms with E-state index in [0.717, 1.165) is 31.6 Å². The van der Waals surface area contributed by atoms with Gasteiger partial charge in [-0.1, -0.05) is 12.8 Å². The largest absolute Gasteiger partial charge is 0.371 e. The van der Waals surface area contributed by atoms with E-state index >= 15 is 0 Å². The molecular formula is C13H15N3O2. The molecule has 0 atom stereocenters. The molecule has 0 aromatic heterocycles. The van der Waals surface area contributed by atoms with Crippen LogP contribution in [0.2, 0.25) is 0 Å². The predicted octanol–water partition coefficient (Wildman–Crippen LogP) is 2.85. The molecule has 1 heterocycles. The van der Waals surface area contributed by atoms with Gasteiger partial charge in [0.15, 0.2) is 0 Å². The second-order valence-electron chi connectivity index (χ2n) is 4.47. The normalized spacial score (nSPS) is 15.8. The molecule has 0 bridgehead atoms. The SMILES string of the molecule is N#Cc1cc(N2CCCCCC2)ccc1[N+](=O)[O-]. The van der Waals surface area contributed by atoms with Gasteiger partial charge < -0.3 is 4.90 Å². The maximum Gasteiger partial charge on any atom is 0.287 e. The molecule has 1 aromatic carbocycles. The van der Waals surface area contributed by atoms with Gasteiger partial charge in [-0.25, -0.2) is 0 Å². The zero-order valence-electron chi connectivity index (χ0n) is 10.1. The third-order valence-corrected chi connectivity index (χ3v) is 3.27. The maximum absolute atomic E-state index is 10.8. The molecule has 5 heteroatoms. The Balaban J connectivity index is 2.29. The van der Waals surface area contributed by atoms with Gasteiger partial charge >= 0.3 is 0 Å². The van der Waals surface area contributed by atoms with Crippen molar-refractivity contribution in [2.75, 3.05) is 18.0 Å². The van der Waals surface area contributed by atoms with Crippen molar-refractivity contribution in [2.24, 2.45) is 0 Å². The van der Waals surface area contributed by atoms with Crippen LogP contribution in [-0.2, 0) is 0 Å². The molecule has 0 radical (unpaired) electrons. The fourth-order valence-corrected chi connectivity index (χ4v) is 2.30. The molecule has 0 unspecified atom stereocenters. The van der Waals surface area contributed by atoms with Gasteiger partial charge in [-0.2, -0.15) is 5.26 Å². The molecule has 94 valence electrons. The molecule has 18 heavy (non-hydrogen) atoms. The number of rotatable bonds is 2. The lowest BCUT2D eigenvalue weighted by atomic mass is 10.1. The molecule has 2 rings (SSSR count). The third kappa shape index (κ3) is 2.59. The number of hydrogen-bond acceptors (Lipinski definition) is 4. The highest BCUT2D eigenvalue weighted by Crippen LogP contribution is 2.26. The van der Waals surface area contributed by atoms with Gasteiger partial charge in [-0.15, -0.1) is 0 Å². The monoisotopic (exact) mass is 245 g/mol. The summed E-state index contributed by atoms with van der Waals surface area (Å²) in [5.74, 6) is 0. The highest BCUT2D eigenvalue weighted by molar-refractivity contribution is 5.59. The molecule has 1 saturated heterocycles. The van der Waals surface area contributed by atoms with Crippen molar-refractivity contribution < 1.29 is 4.92 Å². The van der Waals surface area contributed by atoms with Crippen LogP contribution in [0.5, 0.6) is 0 Å². The molecule has 1 aromatic rings. The summed E-state index contributed by atoms with van der Waals surface area (Å²) in [7, 11) is 0. The van der Waals surface area contributed by atoms with Gasteiger partial charge in [0, 0.05) is 24.8 Å². The average molecular weight is 245 g/mol. The number of benzene rings is 1. The van der Waals surface area contributed by atoms with E-state index in [0.29, 0.717) is 0 Å². The first-order valence-corrected chi connectivity index (χ1v) is 6.16. The Labute approximate surface area is 106 Å². The summed E-state index contributed by atoms with van der Waals surface area (Å²) in [6.45, 7) is 1.92. The van der Waals surface area contributed by atoms with Crippen LogP contribution < -0.4 is 4.90 Å². The van der Waals surface area contributed by atoms with Crippen LogP contribution >= 0.6 is 0 Å². The van der Waals surface area contributed by atoms with Gasteiger partial charge in [-0.05, 0) is 25.0 Å². The number of hydrogen-bond donors (Lipinski definition) is 0. The van der Waals surface area contributed by atoms with Crippen LogP contribution in [0.1, 0.15) is 31.2 Å². The highest BCUT2D eigenvalue weighted by Gasteiger charge is 2.17. The summed E-state index contributed by atoms with van der Waals surface area (Å²) in [6.07, 6.45) is 4.74. The van der Waals surface area contributed by atoms with E-state index in [2.05, 4.69) is 4.90 Å². The first-order valence-electron chi connectivity index (χ1n) is 6.16. The third-order valence-electron chi connectivity index (χ3n) is 3.27. The molecule has 5 nitrogen and oxygen atoms in total. The first kappa shape index (κ1) is 12.4. The van der Waals surface area contributed by atoms with Crippen molar-refractivity contribution in [3.05, 3.63) is 33.9 Å². The van der Waals surface area contributed by atoms with Crippen molar-refractivity contribution in [2.45, 2.75) is 25.7 Å². The highest BCUT2D eigenvalue weighted by atomic mass is 16.6. The Kier molecular flexibility index (Phi) is 3.78. The molecule has 0 N–H and O–H groups in total. The minimum absolute atomic E-state index is 0.115.